The summed E-state index contributed by atoms with van der Waals surface area (Å²) in [6, 6.07) is 16.9. The van der Waals surface area contributed by atoms with Crippen molar-refractivity contribution in [3.05, 3.63) is 85.8 Å². The van der Waals surface area contributed by atoms with Gasteiger partial charge in [0.15, 0.2) is 0 Å². The van der Waals surface area contributed by atoms with Crippen LogP contribution in [0.15, 0.2) is 74.4 Å². The van der Waals surface area contributed by atoms with Crippen LogP contribution in [0, 0.1) is 0 Å². The highest BCUT2D eigenvalue weighted by molar-refractivity contribution is 9.11. The van der Waals surface area contributed by atoms with E-state index in [1.807, 2.05) is 25.1 Å². The number of benzene rings is 3. The molecule has 1 unspecified atom stereocenters. The third kappa shape index (κ3) is 4.96. The van der Waals surface area contributed by atoms with E-state index in [9.17, 15) is 9.59 Å². The number of carbonyl (C=O) groups excluding carboxylic acids is 1. The Balaban J connectivity index is 1.87. The van der Waals surface area contributed by atoms with E-state index in [0.29, 0.717) is 44.1 Å². The lowest BCUT2D eigenvalue weighted by Gasteiger charge is -2.27. The Hall–Kier alpha value is -3.37. The van der Waals surface area contributed by atoms with Gasteiger partial charge in [-0.05, 0) is 53.2 Å². The molecule has 4 aromatic rings. The van der Waals surface area contributed by atoms with Crippen molar-refractivity contribution in [1.82, 2.24) is 14.5 Å². The van der Waals surface area contributed by atoms with Gasteiger partial charge in [0.2, 0.25) is 0 Å². The number of halogens is 2. The quantitative estimate of drug-likeness (QED) is 0.281. The van der Waals surface area contributed by atoms with Crippen molar-refractivity contribution >= 4 is 54.5 Å². The topological polar surface area (TPSA) is 85.7 Å². The zero-order chi connectivity index (χ0) is 26.0. The van der Waals surface area contributed by atoms with Gasteiger partial charge in [-0.3, -0.25) is 9.36 Å². The minimum atomic E-state index is -0.585. The van der Waals surface area contributed by atoms with Crippen LogP contribution in [-0.2, 0) is 0 Å². The number of aromatic nitrogens is 2. The fourth-order valence-corrected chi connectivity index (χ4v) is 4.74. The summed E-state index contributed by atoms with van der Waals surface area (Å²) in [5, 5.41) is 3.33. The molecule has 186 valence electrons. The Morgan fingerprint density at radius 2 is 1.81 bits per heavy atom. The second kappa shape index (κ2) is 10.7. The molecule has 0 bridgehead atoms. The molecule has 3 aromatic carbocycles. The second-order valence-corrected chi connectivity index (χ2v) is 9.73. The van der Waals surface area contributed by atoms with E-state index in [-0.39, 0.29) is 11.6 Å². The number of urea groups is 1. The summed E-state index contributed by atoms with van der Waals surface area (Å²) in [6.07, 6.45) is 0. The molecule has 0 saturated carbocycles. The highest BCUT2D eigenvalue weighted by Crippen LogP contribution is 2.36. The summed E-state index contributed by atoms with van der Waals surface area (Å²) >= 11 is 6.99. The first-order chi connectivity index (χ1) is 17.2. The Morgan fingerprint density at radius 1 is 1.06 bits per heavy atom. The molecular formula is C26H24Br2N4O4. The lowest BCUT2D eigenvalue weighted by Crippen LogP contribution is -2.37. The maximum atomic E-state index is 13.8. The number of hydrogen-bond donors (Lipinski definition) is 1. The smallest absolute Gasteiger partial charge is 0.322 e. The lowest BCUT2D eigenvalue weighted by atomic mass is 10.2. The Labute approximate surface area is 225 Å². The summed E-state index contributed by atoms with van der Waals surface area (Å²) in [6.45, 7) is 1.82. The molecule has 0 aliphatic heterocycles. The fraction of sp³-hybridized carbons (Fsp3) is 0.192. The third-order valence-corrected chi connectivity index (χ3v) is 7.13. The SMILES string of the molecule is COc1cc(OC)c(Br)c(-n2c(C(C)N(C)C(=O)Nc3cccc(Br)c3)nc3ccccc3c2=O)c1. The molecule has 0 aliphatic carbocycles. The second-order valence-electron chi connectivity index (χ2n) is 8.02. The van der Waals surface area contributed by atoms with Crippen molar-refractivity contribution in [3.63, 3.8) is 0 Å². The first kappa shape index (κ1) is 25.7. The van der Waals surface area contributed by atoms with Crippen LogP contribution in [0.4, 0.5) is 10.5 Å². The van der Waals surface area contributed by atoms with Crippen molar-refractivity contribution in [1.29, 1.82) is 0 Å². The third-order valence-electron chi connectivity index (χ3n) is 5.84. The van der Waals surface area contributed by atoms with Gasteiger partial charge < -0.3 is 19.7 Å². The molecular weight excluding hydrogens is 592 g/mol. The summed E-state index contributed by atoms with van der Waals surface area (Å²) < 4.78 is 13.8. The summed E-state index contributed by atoms with van der Waals surface area (Å²) in [4.78, 5) is 33.3. The van der Waals surface area contributed by atoms with Crippen LogP contribution in [0.25, 0.3) is 16.6 Å². The van der Waals surface area contributed by atoms with Gasteiger partial charge in [-0.25, -0.2) is 9.78 Å². The average Bonchev–Trinajstić information content (AvgIpc) is 2.88. The monoisotopic (exact) mass is 614 g/mol. The highest BCUT2D eigenvalue weighted by atomic mass is 79.9. The Bertz CT molecular complexity index is 1510. The predicted octanol–water partition coefficient (Wildman–Crippen LogP) is 6.15. The molecule has 8 nitrogen and oxygen atoms in total. The van der Waals surface area contributed by atoms with Gasteiger partial charge in [-0.2, -0.15) is 0 Å². The van der Waals surface area contributed by atoms with Crippen LogP contribution in [0.5, 0.6) is 11.5 Å². The maximum absolute atomic E-state index is 13.8. The number of fused-ring (bicyclic) bond motifs is 1. The zero-order valence-electron chi connectivity index (χ0n) is 20.1. The average molecular weight is 616 g/mol. The number of carbonyl (C=O) groups is 1. The molecule has 4 rings (SSSR count). The predicted molar refractivity (Wildman–Crippen MR) is 147 cm³/mol. The number of hydrogen-bond acceptors (Lipinski definition) is 5. The van der Waals surface area contributed by atoms with E-state index < -0.39 is 6.04 Å². The zero-order valence-corrected chi connectivity index (χ0v) is 23.3. The van der Waals surface area contributed by atoms with Crippen molar-refractivity contribution in [2.75, 3.05) is 26.6 Å². The number of para-hydroxylation sites is 1. The number of anilines is 1. The van der Waals surface area contributed by atoms with Gasteiger partial charge in [0.25, 0.3) is 5.56 Å². The number of nitrogens with one attached hydrogen (secondary N) is 1. The molecule has 1 atom stereocenters. The maximum Gasteiger partial charge on any atom is 0.322 e. The van der Waals surface area contributed by atoms with Gasteiger partial charge in [0.1, 0.15) is 17.3 Å². The van der Waals surface area contributed by atoms with Crippen molar-refractivity contribution in [3.8, 4) is 17.2 Å². The van der Waals surface area contributed by atoms with Crippen molar-refractivity contribution < 1.29 is 14.3 Å². The first-order valence-corrected chi connectivity index (χ1v) is 12.6. The van der Waals surface area contributed by atoms with Crippen molar-refractivity contribution in [2.45, 2.75) is 13.0 Å². The molecule has 0 aliphatic rings. The molecule has 36 heavy (non-hydrogen) atoms. The minimum Gasteiger partial charge on any atom is -0.497 e. The summed E-state index contributed by atoms with van der Waals surface area (Å²) in [7, 11) is 4.73. The van der Waals surface area contributed by atoms with Gasteiger partial charge in [0, 0.05) is 29.3 Å². The number of rotatable bonds is 6. The first-order valence-electron chi connectivity index (χ1n) is 11.0. The van der Waals surface area contributed by atoms with E-state index in [2.05, 4.69) is 37.2 Å². The molecule has 1 aromatic heterocycles. The number of methoxy groups -OCH3 is 2. The van der Waals surface area contributed by atoms with Gasteiger partial charge in [-0.15, -0.1) is 0 Å². The summed E-state index contributed by atoms with van der Waals surface area (Å²) in [5.74, 6) is 1.37. The number of ether oxygens (including phenoxy) is 2. The molecule has 1 heterocycles. The van der Waals surface area contributed by atoms with E-state index in [1.165, 1.54) is 23.7 Å². The van der Waals surface area contributed by atoms with E-state index in [4.69, 9.17) is 14.5 Å². The van der Waals surface area contributed by atoms with Crippen LogP contribution < -0.4 is 20.3 Å². The van der Waals surface area contributed by atoms with Crippen LogP contribution in [0.3, 0.4) is 0 Å². The van der Waals surface area contributed by atoms with Gasteiger partial charge in [-0.1, -0.05) is 34.1 Å². The molecule has 10 heteroatoms. The lowest BCUT2D eigenvalue weighted by molar-refractivity contribution is 0.205. The molecule has 0 radical (unpaired) electrons. The normalized spacial score (nSPS) is 11.7. The van der Waals surface area contributed by atoms with Crippen molar-refractivity contribution in [2.24, 2.45) is 0 Å². The van der Waals surface area contributed by atoms with Gasteiger partial charge >= 0.3 is 6.03 Å². The molecule has 0 spiro atoms. The van der Waals surface area contributed by atoms with Gasteiger partial charge in [0.05, 0.1) is 41.3 Å². The minimum absolute atomic E-state index is 0.278. The molecule has 0 saturated heterocycles. The molecule has 2 amide bonds. The van der Waals surface area contributed by atoms with Crippen LogP contribution >= 0.6 is 31.9 Å². The number of amides is 2. The Morgan fingerprint density at radius 3 is 2.50 bits per heavy atom. The molecule has 1 N–H and O–H groups in total. The summed E-state index contributed by atoms with van der Waals surface area (Å²) in [5.41, 5.74) is 1.38. The fourth-order valence-electron chi connectivity index (χ4n) is 3.78. The highest BCUT2D eigenvalue weighted by Gasteiger charge is 2.26. The van der Waals surface area contributed by atoms with E-state index in [1.54, 1.807) is 49.5 Å². The van der Waals surface area contributed by atoms with Crippen LogP contribution in [0.2, 0.25) is 0 Å². The molecule has 0 fully saturated rings. The van der Waals surface area contributed by atoms with E-state index in [0.717, 1.165) is 4.47 Å². The van der Waals surface area contributed by atoms with Crippen LogP contribution in [0.1, 0.15) is 18.8 Å². The Kier molecular flexibility index (Phi) is 7.65. The standard InChI is InChI=1S/C26H24Br2N4O4/c1-15(31(2)26(34)29-17-9-7-8-16(27)12-17)24-30-20-11-6-5-10-19(20)25(33)32(24)21-13-18(35-3)14-22(36-4)23(21)28/h5-15H,1-4H3,(H,29,34). The largest absolute Gasteiger partial charge is 0.497 e. The van der Waals surface area contributed by atoms with Crippen LogP contribution in [-0.4, -0.2) is 41.7 Å². The number of nitrogens with zero attached hydrogens (tertiary/aromatic N) is 3. The van der Waals surface area contributed by atoms with E-state index >= 15 is 0 Å².